The van der Waals surface area contributed by atoms with Crippen molar-refractivity contribution in [1.82, 2.24) is 24.3 Å². The lowest BCUT2D eigenvalue weighted by Gasteiger charge is -2.07. The third kappa shape index (κ3) is 2.17. The van der Waals surface area contributed by atoms with Crippen molar-refractivity contribution in [3.05, 3.63) is 51.0 Å². The van der Waals surface area contributed by atoms with Gasteiger partial charge in [0.2, 0.25) is 0 Å². The van der Waals surface area contributed by atoms with E-state index in [-0.39, 0.29) is 12.1 Å². The molecule has 0 aliphatic carbocycles. The fourth-order valence-corrected chi connectivity index (χ4v) is 2.47. The highest BCUT2D eigenvalue weighted by Gasteiger charge is 2.10. The zero-order valence-corrected chi connectivity index (χ0v) is 11.9. The van der Waals surface area contributed by atoms with Crippen molar-refractivity contribution in [3.63, 3.8) is 0 Å². The normalized spacial score (nSPS) is 11.2. The fourth-order valence-electron chi connectivity index (χ4n) is 1.92. The van der Waals surface area contributed by atoms with Gasteiger partial charge in [0.15, 0.2) is 0 Å². The Balaban J connectivity index is 2.17. The van der Waals surface area contributed by atoms with Gasteiger partial charge in [-0.25, -0.2) is 9.97 Å². The second-order valence-electron chi connectivity index (χ2n) is 4.26. The minimum absolute atomic E-state index is 0.220. The van der Waals surface area contributed by atoms with E-state index in [0.29, 0.717) is 26.8 Å². The molecular formula is C12H9Cl2N5O. The Morgan fingerprint density at radius 1 is 1.25 bits per heavy atom. The first-order valence-corrected chi connectivity index (χ1v) is 6.49. The Hall–Kier alpha value is -1.92. The molecule has 3 rings (SSSR count). The summed E-state index contributed by atoms with van der Waals surface area (Å²) in [6.07, 6.45) is 2.88. The average molecular weight is 310 g/mol. The van der Waals surface area contributed by atoms with E-state index in [4.69, 9.17) is 23.2 Å². The van der Waals surface area contributed by atoms with Crippen molar-refractivity contribution in [3.8, 4) is 0 Å². The SMILES string of the molecule is Cn1ncnc1Cn1cnc2c(Cl)cc(Cl)cc2c1=O. The Morgan fingerprint density at radius 2 is 2.05 bits per heavy atom. The van der Waals surface area contributed by atoms with Gasteiger partial charge >= 0.3 is 0 Å². The molecule has 3 aromatic rings. The van der Waals surface area contributed by atoms with Gasteiger partial charge in [0, 0.05) is 12.1 Å². The largest absolute Gasteiger partial charge is 0.291 e. The molecule has 0 radical (unpaired) electrons. The molecule has 1 aromatic carbocycles. The van der Waals surface area contributed by atoms with E-state index in [2.05, 4.69) is 15.1 Å². The molecule has 0 amide bonds. The lowest BCUT2D eigenvalue weighted by molar-refractivity contribution is 0.637. The second-order valence-corrected chi connectivity index (χ2v) is 5.10. The third-order valence-electron chi connectivity index (χ3n) is 2.96. The number of rotatable bonds is 2. The van der Waals surface area contributed by atoms with Crippen molar-refractivity contribution < 1.29 is 0 Å². The van der Waals surface area contributed by atoms with Crippen LogP contribution in [0.5, 0.6) is 0 Å². The van der Waals surface area contributed by atoms with E-state index in [0.717, 1.165) is 0 Å². The highest BCUT2D eigenvalue weighted by Crippen LogP contribution is 2.23. The van der Waals surface area contributed by atoms with Gasteiger partial charge in [-0.3, -0.25) is 14.0 Å². The molecule has 0 aliphatic rings. The Morgan fingerprint density at radius 3 is 2.75 bits per heavy atom. The van der Waals surface area contributed by atoms with Crippen LogP contribution in [0.3, 0.4) is 0 Å². The third-order valence-corrected chi connectivity index (χ3v) is 3.47. The lowest BCUT2D eigenvalue weighted by atomic mass is 10.2. The summed E-state index contributed by atoms with van der Waals surface area (Å²) in [6.45, 7) is 0.280. The predicted octanol–water partition coefficient (Wildman–Crippen LogP) is 1.88. The summed E-state index contributed by atoms with van der Waals surface area (Å²) < 4.78 is 3.04. The molecule has 0 fully saturated rings. The van der Waals surface area contributed by atoms with Gasteiger partial charge in [-0.2, -0.15) is 5.10 Å². The number of aryl methyl sites for hydroxylation is 1. The van der Waals surface area contributed by atoms with E-state index in [1.165, 1.54) is 17.2 Å². The molecule has 0 N–H and O–H groups in total. The minimum atomic E-state index is -0.220. The number of hydrogen-bond acceptors (Lipinski definition) is 4. The molecule has 20 heavy (non-hydrogen) atoms. The number of fused-ring (bicyclic) bond motifs is 1. The summed E-state index contributed by atoms with van der Waals surface area (Å²) >= 11 is 12.0. The second kappa shape index (κ2) is 4.88. The van der Waals surface area contributed by atoms with Gasteiger partial charge in [0.05, 0.1) is 28.8 Å². The summed E-state index contributed by atoms with van der Waals surface area (Å²) in [6, 6.07) is 3.12. The molecule has 6 nitrogen and oxygen atoms in total. The summed E-state index contributed by atoms with van der Waals surface area (Å²) in [4.78, 5) is 20.7. The standard InChI is InChI=1S/C12H9Cl2N5O/c1-18-10(15-5-17-18)4-19-6-16-11-8(12(19)20)2-7(13)3-9(11)14/h2-3,5-6H,4H2,1H3. The van der Waals surface area contributed by atoms with Crippen LogP contribution in [-0.2, 0) is 13.6 Å². The molecule has 2 aromatic heterocycles. The van der Waals surface area contributed by atoms with Crippen molar-refractivity contribution >= 4 is 34.1 Å². The number of hydrogen-bond donors (Lipinski definition) is 0. The molecule has 0 aliphatic heterocycles. The zero-order valence-electron chi connectivity index (χ0n) is 10.4. The number of nitrogens with zero attached hydrogens (tertiary/aromatic N) is 5. The molecule has 102 valence electrons. The van der Waals surface area contributed by atoms with Crippen LogP contribution in [0.25, 0.3) is 10.9 Å². The van der Waals surface area contributed by atoms with E-state index < -0.39 is 0 Å². The van der Waals surface area contributed by atoms with Crippen molar-refractivity contribution in [2.45, 2.75) is 6.54 Å². The highest BCUT2D eigenvalue weighted by atomic mass is 35.5. The maximum atomic E-state index is 12.4. The molecule has 8 heteroatoms. The van der Waals surface area contributed by atoms with Crippen LogP contribution in [0.15, 0.2) is 29.6 Å². The molecule has 0 bridgehead atoms. The van der Waals surface area contributed by atoms with E-state index in [1.807, 2.05) is 0 Å². The number of benzene rings is 1. The Labute approximate surface area is 123 Å². The molecule has 0 atom stereocenters. The predicted molar refractivity (Wildman–Crippen MR) is 76.1 cm³/mol. The zero-order chi connectivity index (χ0) is 14.3. The first-order chi connectivity index (χ1) is 9.56. The van der Waals surface area contributed by atoms with E-state index >= 15 is 0 Å². The first-order valence-electron chi connectivity index (χ1n) is 5.73. The van der Waals surface area contributed by atoms with Crippen molar-refractivity contribution in [1.29, 1.82) is 0 Å². The molecular weight excluding hydrogens is 301 g/mol. The molecule has 0 saturated carbocycles. The number of aromatic nitrogens is 5. The van der Waals surface area contributed by atoms with Gasteiger partial charge < -0.3 is 0 Å². The van der Waals surface area contributed by atoms with Crippen LogP contribution < -0.4 is 5.56 Å². The summed E-state index contributed by atoms with van der Waals surface area (Å²) in [5, 5.41) is 5.10. The molecule has 0 unspecified atom stereocenters. The average Bonchev–Trinajstić information content (AvgIpc) is 2.79. The van der Waals surface area contributed by atoms with Crippen LogP contribution in [0.1, 0.15) is 5.82 Å². The van der Waals surface area contributed by atoms with Crippen molar-refractivity contribution in [2.24, 2.45) is 7.05 Å². The maximum Gasteiger partial charge on any atom is 0.261 e. The lowest BCUT2D eigenvalue weighted by Crippen LogP contribution is -2.22. The van der Waals surface area contributed by atoms with Crippen LogP contribution in [0.2, 0.25) is 10.0 Å². The van der Waals surface area contributed by atoms with Crippen molar-refractivity contribution in [2.75, 3.05) is 0 Å². The van der Waals surface area contributed by atoms with Crippen LogP contribution in [0, 0.1) is 0 Å². The Kier molecular flexibility index (Phi) is 3.19. The minimum Gasteiger partial charge on any atom is -0.291 e. The number of halogens is 2. The highest BCUT2D eigenvalue weighted by molar-refractivity contribution is 6.38. The van der Waals surface area contributed by atoms with Gasteiger partial charge in [0.25, 0.3) is 5.56 Å². The molecule has 2 heterocycles. The van der Waals surface area contributed by atoms with Gasteiger partial charge in [0.1, 0.15) is 12.2 Å². The van der Waals surface area contributed by atoms with Gasteiger partial charge in [-0.15, -0.1) is 0 Å². The molecule has 0 saturated heterocycles. The summed E-state index contributed by atoms with van der Waals surface area (Å²) in [5.74, 6) is 0.654. The fraction of sp³-hybridized carbons (Fsp3) is 0.167. The van der Waals surface area contributed by atoms with E-state index in [9.17, 15) is 4.79 Å². The molecule has 0 spiro atoms. The van der Waals surface area contributed by atoms with Crippen LogP contribution in [-0.4, -0.2) is 24.3 Å². The first kappa shape index (κ1) is 13.1. The van der Waals surface area contributed by atoms with E-state index in [1.54, 1.807) is 23.9 Å². The summed E-state index contributed by atoms with van der Waals surface area (Å²) in [5.41, 5.74) is 0.220. The monoisotopic (exact) mass is 309 g/mol. The van der Waals surface area contributed by atoms with Gasteiger partial charge in [-0.05, 0) is 12.1 Å². The quantitative estimate of drug-likeness (QED) is 0.725. The van der Waals surface area contributed by atoms with Crippen LogP contribution >= 0.6 is 23.2 Å². The Bertz CT molecular complexity index is 855. The topological polar surface area (TPSA) is 65.6 Å². The van der Waals surface area contributed by atoms with Gasteiger partial charge in [-0.1, -0.05) is 23.2 Å². The maximum absolute atomic E-state index is 12.4. The van der Waals surface area contributed by atoms with Crippen LogP contribution in [0.4, 0.5) is 0 Å². The summed E-state index contributed by atoms with van der Waals surface area (Å²) in [7, 11) is 1.76. The smallest absolute Gasteiger partial charge is 0.261 e.